The van der Waals surface area contributed by atoms with Gasteiger partial charge in [-0.1, -0.05) is 13.8 Å². The summed E-state index contributed by atoms with van der Waals surface area (Å²) in [6.07, 6.45) is 1.25. The number of H-pyrrole nitrogens is 2. The minimum Gasteiger partial charge on any atom is -0.324 e. The van der Waals surface area contributed by atoms with Gasteiger partial charge in [0.05, 0.1) is 24.1 Å². The van der Waals surface area contributed by atoms with Crippen LogP contribution in [0.25, 0.3) is 11.0 Å². The molecule has 3 rings (SSSR count). The number of carbonyl (C=O) groups excluding carboxylic acids is 1. The van der Waals surface area contributed by atoms with E-state index in [2.05, 4.69) is 29.1 Å². The van der Waals surface area contributed by atoms with Crippen LogP contribution >= 0.6 is 0 Å². The highest BCUT2D eigenvalue weighted by atomic mass is 16.2. The molecule has 3 atom stereocenters. The van der Waals surface area contributed by atoms with E-state index in [0.717, 1.165) is 18.6 Å². The predicted molar refractivity (Wildman–Crippen MR) is 90.7 cm³/mol. The molecule has 1 aromatic carbocycles. The lowest BCUT2D eigenvalue weighted by atomic mass is 9.91. The van der Waals surface area contributed by atoms with Crippen LogP contribution in [0.4, 0.5) is 5.69 Å². The number of nitrogens with one attached hydrogen (secondary N) is 4. The van der Waals surface area contributed by atoms with Crippen LogP contribution < -0.4 is 15.9 Å². The van der Waals surface area contributed by atoms with Gasteiger partial charge < -0.3 is 20.2 Å². The van der Waals surface area contributed by atoms with Crippen molar-refractivity contribution < 1.29 is 9.69 Å². The fourth-order valence-electron chi connectivity index (χ4n) is 3.73. The van der Waals surface area contributed by atoms with E-state index in [9.17, 15) is 9.59 Å². The molecule has 1 saturated heterocycles. The first-order valence-electron chi connectivity index (χ1n) is 8.30. The smallest absolute Gasteiger partial charge is 0.323 e. The van der Waals surface area contributed by atoms with Crippen LogP contribution in [0, 0.1) is 11.8 Å². The van der Waals surface area contributed by atoms with Gasteiger partial charge in [-0.15, -0.1) is 0 Å². The summed E-state index contributed by atoms with van der Waals surface area (Å²) in [5, 5.41) is 2.97. The molecule has 1 amide bonds. The van der Waals surface area contributed by atoms with Crippen molar-refractivity contribution in [2.75, 3.05) is 18.4 Å². The SMILES string of the molecule is C[C@@H]1C[C@@H](C)C[NH+]([C@@H](C)C(=O)Nc2ccc3[nH]c(=O)[nH]c3c2)C1. The molecule has 0 spiro atoms. The third-order valence-corrected chi connectivity index (χ3v) is 4.82. The molecule has 1 fully saturated rings. The first-order valence-corrected chi connectivity index (χ1v) is 8.30. The Morgan fingerprint density at radius 2 is 1.87 bits per heavy atom. The molecule has 0 bridgehead atoms. The molecule has 6 nitrogen and oxygen atoms in total. The highest BCUT2D eigenvalue weighted by Crippen LogP contribution is 2.15. The summed E-state index contributed by atoms with van der Waals surface area (Å²) in [7, 11) is 0. The predicted octanol–water partition coefficient (Wildman–Crippen LogP) is 0.744. The Labute approximate surface area is 135 Å². The fraction of sp³-hybridized carbons (Fsp3) is 0.529. The molecule has 0 radical (unpaired) electrons. The second-order valence-corrected chi connectivity index (χ2v) is 7.06. The number of rotatable bonds is 3. The lowest BCUT2D eigenvalue weighted by molar-refractivity contribution is -0.925. The van der Waals surface area contributed by atoms with E-state index in [-0.39, 0.29) is 17.6 Å². The number of aromatic nitrogens is 2. The number of fused-ring (bicyclic) bond motifs is 1. The second-order valence-electron chi connectivity index (χ2n) is 7.06. The van der Waals surface area contributed by atoms with Gasteiger partial charge in [-0.05, 0) is 31.5 Å². The van der Waals surface area contributed by atoms with E-state index in [1.807, 2.05) is 13.0 Å². The number of likely N-dealkylation sites (tertiary alicyclic amines) is 1. The maximum atomic E-state index is 12.6. The summed E-state index contributed by atoms with van der Waals surface area (Å²) in [4.78, 5) is 30.6. The normalized spacial score (nSPS) is 26.1. The Balaban J connectivity index is 1.70. The first kappa shape index (κ1) is 15.8. The third kappa shape index (κ3) is 3.47. The minimum atomic E-state index is -0.238. The highest BCUT2D eigenvalue weighted by Gasteiger charge is 2.32. The Bertz CT molecular complexity index is 753. The summed E-state index contributed by atoms with van der Waals surface area (Å²) >= 11 is 0. The number of aromatic amines is 2. The average Bonchev–Trinajstić information content (AvgIpc) is 2.84. The summed E-state index contributed by atoms with van der Waals surface area (Å²) in [5.41, 5.74) is 1.91. The van der Waals surface area contributed by atoms with Gasteiger partial charge in [0.25, 0.3) is 5.91 Å². The molecule has 4 N–H and O–H groups in total. The second kappa shape index (κ2) is 6.20. The van der Waals surface area contributed by atoms with Crippen molar-refractivity contribution in [1.82, 2.24) is 9.97 Å². The zero-order chi connectivity index (χ0) is 16.6. The number of anilines is 1. The molecule has 1 aliphatic heterocycles. The summed E-state index contributed by atoms with van der Waals surface area (Å²) in [6.45, 7) is 8.60. The van der Waals surface area contributed by atoms with Crippen molar-refractivity contribution in [2.45, 2.75) is 33.2 Å². The Hall–Kier alpha value is -2.08. The van der Waals surface area contributed by atoms with E-state index < -0.39 is 0 Å². The average molecular weight is 317 g/mol. The largest absolute Gasteiger partial charge is 0.324 e. The maximum absolute atomic E-state index is 12.6. The van der Waals surface area contributed by atoms with E-state index in [4.69, 9.17) is 0 Å². The minimum absolute atomic E-state index is 0.0264. The van der Waals surface area contributed by atoms with Gasteiger partial charge >= 0.3 is 5.69 Å². The van der Waals surface area contributed by atoms with Gasteiger partial charge in [0, 0.05) is 17.5 Å². The van der Waals surface area contributed by atoms with E-state index in [1.54, 1.807) is 12.1 Å². The molecule has 2 heterocycles. The van der Waals surface area contributed by atoms with Crippen LogP contribution in [-0.4, -0.2) is 35.0 Å². The number of benzene rings is 1. The van der Waals surface area contributed by atoms with E-state index >= 15 is 0 Å². The van der Waals surface area contributed by atoms with Crippen molar-refractivity contribution in [3.8, 4) is 0 Å². The molecule has 0 saturated carbocycles. The van der Waals surface area contributed by atoms with Crippen LogP contribution in [-0.2, 0) is 4.79 Å². The number of piperidine rings is 1. The third-order valence-electron chi connectivity index (χ3n) is 4.82. The van der Waals surface area contributed by atoms with Gasteiger partial charge in [-0.2, -0.15) is 0 Å². The van der Waals surface area contributed by atoms with Crippen LogP contribution in [0.15, 0.2) is 23.0 Å². The summed E-state index contributed by atoms with van der Waals surface area (Å²) < 4.78 is 0. The Morgan fingerprint density at radius 1 is 1.22 bits per heavy atom. The molecule has 1 aromatic heterocycles. The number of carbonyl (C=O) groups is 1. The molecular weight excluding hydrogens is 292 g/mol. The number of imidazole rings is 1. The van der Waals surface area contributed by atoms with Gasteiger partial charge in [-0.25, -0.2) is 4.79 Å². The summed E-state index contributed by atoms with van der Waals surface area (Å²) in [6, 6.07) is 5.31. The van der Waals surface area contributed by atoms with Crippen LogP contribution in [0.5, 0.6) is 0 Å². The van der Waals surface area contributed by atoms with Gasteiger partial charge in [-0.3, -0.25) is 4.79 Å². The highest BCUT2D eigenvalue weighted by molar-refractivity contribution is 5.95. The molecular formula is C17H25N4O2+. The zero-order valence-electron chi connectivity index (χ0n) is 13.9. The quantitative estimate of drug-likeness (QED) is 0.673. The lowest BCUT2D eigenvalue weighted by Gasteiger charge is -2.35. The molecule has 1 aliphatic rings. The van der Waals surface area contributed by atoms with Crippen LogP contribution in [0.1, 0.15) is 27.2 Å². The lowest BCUT2D eigenvalue weighted by Crippen LogP contribution is -3.18. The van der Waals surface area contributed by atoms with E-state index in [1.165, 1.54) is 11.3 Å². The Kier molecular flexibility index (Phi) is 4.26. The monoisotopic (exact) mass is 317 g/mol. The topological polar surface area (TPSA) is 82.2 Å². The number of hydrogen-bond donors (Lipinski definition) is 4. The molecule has 124 valence electrons. The molecule has 2 aromatic rings. The van der Waals surface area contributed by atoms with Crippen molar-refractivity contribution >= 4 is 22.6 Å². The van der Waals surface area contributed by atoms with Crippen molar-refractivity contribution in [1.29, 1.82) is 0 Å². The summed E-state index contributed by atoms with van der Waals surface area (Å²) in [5.74, 6) is 1.34. The fourth-order valence-corrected chi connectivity index (χ4v) is 3.73. The van der Waals surface area contributed by atoms with Gasteiger partial charge in [0.2, 0.25) is 0 Å². The molecule has 0 unspecified atom stereocenters. The van der Waals surface area contributed by atoms with Crippen molar-refractivity contribution in [3.05, 3.63) is 28.7 Å². The van der Waals surface area contributed by atoms with Crippen LogP contribution in [0.3, 0.4) is 0 Å². The maximum Gasteiger partial charge on any atom is 0.323 e. The van der Waals surface area contributed by atoms with Gasteiger partial charge in [0.1, 0.15) is 0 Å². The molecule has 0 aliphatic carbocycles. The van der Waals surface area contributed by atoms with E-state index in [0.29, 0.717) is 23.0 Å². The molecule has 6 heteroatoms. The van der Waals surface area contributed by atoms with Crippen molar-refractivity contribution in [2.24, 2.45) is 11.8 Å². The van der Waals surface area contributed by atoms with Crippen molar-refractivity contribution in [3.63, 3.8) is 0 Å². The standard InChI is InChI=1S/C17H24N4O2/c1-10-6-11(2)9-21(8-10)12(3)16(22)18-13-4-5-14-15(7-13)20-17(23)19-14/h4-5,7,10-12H,6,8-9H2,1-3H3,(H,18,22)(H2,19,20,23)/p+1/t10-,11-,12+/m1/s1. The van der Waals surface area contributed by atoms with Crippen LogP contribution in [0.2, 0.25) is 0 Å². The van der Waals surface area contributed by atoms with Gasteiger partial charge in [0.15, 0.2) is 6.04 Å². The number of amides is 1. The zero-order valence-corrected chi connectivity index (χ0v) is 13.9. The first-order chi connectivity index (χ1) is 10.9. The Morgan fingerprint density at radius 3 is 2.57 bits per heavy atom. The number of quaternary nitrogens is 1. The molecule has 23 heavy (non-hydrogen) atoms. The number of hydrogen-bond acceptors (Lipinski definition) is 2.